The van der Waals surface area contributed by atoms with E-state index in [1.54, 1.807) is 0 Å². The van der Waals surface area contributed by atoms with Gasteiger partial charge in [0.1, 0.15) is 0 Å². The van der Waals surface area contributed by atoms with Gasteiger partial charge in [-0.25, -0.2) is 0 Å². The average molecular weight is 266 g/mol. The summed E-state index contributed by atoms with van der Waals surface area (Å²) in [5, 5.41) is 0. The zero-order chi connectivity index (χ0) is 14.4. The maximum absolute atomic E-state index is 5.66. The summed E-state index contributed by atoms with van der Waals surface area (Å²) >= 11 is 0. The van der Waals surface area contributed by atoms with Crippen molar-refractivity contribution in [3.63, 3.8) is 0 Å². The molecule has 0 aromatic rings. The minimum atomic E-state index is -0.00356. The van der Waals surface area contributed by atoms with Crippen LogP contribution in [0.5, 0.6) is 0 Å². The van der Waals surface area contributed by atoms with E-state index in [9.17, 15) is 0 Å². The Bertz CT molecular complexity index is 233. The second-order valence-corrected chi connectivity index (χ2v) is 6.12. The number of ether oxygens (including phenoxy) is 1. The SMILES string of the molecule is CCCCC/C=C\CCC/C=C/CCOC(C)(C)C. The third kappa shape index (κ3) is 17.4. The van der Waals surface area contributed by atoms with E-state index in [1.165, 1.54) is 44.9 Å². The van der Waals surface area contributed by atoms with Crippen LogP contribution in [-0.2, 0) is 4.74 Å². The van der Waals surface area contributed by atoms with Gasteiger partial charge in [-0.3, -0.25) is 0 Å². The predicted molar refractivity (Wildman–Crippen MR) is 86.6 cm³/mol. The summed E-state index contributed by atoms with van der Waals surface area (Å²) in [6.07, 6.45) is 19.2. The van der Waals surface area contributed by atoms with Gasteiger partial charge in [-0.05, 0) is 59.3 Å². The van der Waals surface area contributed by atoms with Crippen LogP contribution in [-0.4, -0.2) is 12.2 Å². The Morgan fingerprint density at radius 2 is 1.26 bits per heavy atom. The van der Waals surface area contributed by atoms with Crippen molar-refractivity contribution in [2.24, 2.45) is 0 Å². The summed E-state index contributed by atoms with van der Waals surface area (Å²) < 4.78 is 5.66. The van der Waals surface area contributed by atoms with E-state index in [1.807, 2.05) is 0 Å². The highest BCUT2D eigenvalue weighted by Crippen LogP contribution is 2.07. The Labute approximate surface area is 121 Å². The summed E-state index contributed by atoms with van der Waals surface area (Å²) in [5.74, 6) is 0. The summed E-state index contributed by atoms with van der Waals surface area (Å²) in [4.78, 5) is 0. The van der Waals surface area contributed by atoms with Gasteiger partial charge in [-0.2, -0.15) is 0 Å². The molecule has 1 heteroatoms. The molecule has 0 spiro atoms. The quantitative estimate of drug-likeness (QED) is 0.326. The first-order valence-corrected chi connectivity index (χ1v) is 8.00. The molecular formula is C18H34O. The van der Waals surface area contributed by atoms with E-state index in [0.29, 0.717) is 0 Å². The highest BCUT2D eigenvalue weighted by atomic mass is 16.5. The van der Waals surface area contributed by atoms with Crippen molar-refractivity contribution in [1.82, 2.24) is 0 Å². The molecule has 0 heterocycles. The van der Waals surface area contributed by atoms with Crippen molar-refractivity contribution in [2.75, 3.05) is 6.61 Å². The molecule has 19 heavy (non-hydrogen) atoms. The van der Waals surface area contributed by atoms with Crippen molar-refractivity contribution in [2.45, 2.75) is 84.7 Å². The van der Waals surface area contributed by atoms with Gasteiger partial charge in [0.25, 0.3) is 0 Å². The maximum atomic E-state index is 5.66. The zero-order valence-corrected chi connectivity index (χ0v) is 13.6. The highest BCUT2D eigenvalue weighted by Gasteiger charge is 2.07. The van der Waals surface area contributed by atoms with Crippen molar-refractivity contribution in [1.29, 1.82) is 0 Å². The molecule has 0 N–H and O–H groups in total. The fourth-order valence-corrected chi connectivity index (χ4v) is 1.77. The van der Waals surface area contributed by atoms with Crippen LogP contribution >= 0.6 is 0 Å². The molecule has 0 amide bonds. The third-order valence-electron chi connectivity index (χ3n) is 2.87. The monoisotopic (exact) mass is 266 g/mol. The molecule has 0 aliphatic heterocycles. The lowest BCUT2D eigenvalue weighted by Crippen LogP contribution is -2.19. The van der Waals surface area contributed by atoms with Gasteiger partial charge in [0.05, 0.1) is 12.2 Å². The van der Waals surface area contributed by atoms with Crippen LogP contribution in [0.1, 0.15) is 79.1 Å². The molecule has 112 valence electrons. The molecule has 0 aliphatic rings. The molecule has 1 nitrogen and oxygen atoms in total. The molecule has 0 bridgehead atoms. The Morgan fingerprint density at radius 3 is 1.79 bits per heavy atom. The van der Waals surface area contributed by atoms with Gasteiger partial charge in [0, 0.05) is 0 Å². The molecule has 0 atom stereocenters. The van der Waals surface area contributed by atoms with Crippen LogP contribution in [0, 0.1) is 0 Å². The lowest BCUT2D eigenvalue weighted by atomic mass is 10.1. The third-order valence-corrected chi connectivity index (χ3v) is 2.87. The molecule has 0 aliphatic carbocycles. The van der Waals surface area contributed by atoms with Crippen LogP contribution in [0.15, 0.2) is 24.3 Å². The van der Waals surface area contributed by atoms with Gasteiger partial charge in [0.15, 0.2) is 0 Å². The molecular weight excluding hydrogens is 232 g/mol. The summed E-state index contributed by atoms with van der Waals surface area (Å²) in [7, 11) is 0. The average Bonchev–Trinajstić information content (AvgIpc) is 2.34. The van der Waals surface area contributed by atoms with E-state index >= 15 is 0 Å². The molecule has 0 aromatic heterocycles. The lowest BCUT2D eigenvalue weighted by Gasteiger charge is -2.18. The first kappa shape index (κ1) is 18.4. The number of hydrogen-bond acceptors (Lipinski definition) is 1. The summed E-state index contributed by atoms with van der Waals surface area (Å²) in [6, 6.07) is 0. The molecule has 0 unspecified atom stereocenters. The van der Waals surface area contributed by atoms with E-state index in [0.717, 1.165) is 13.0 Å². The summed E-state index contributed by atoms with van der Waals surface area (Å²) in [6.45, 7) is 9.39. The molecule has 0 saturated heterocycles. The summed E-state index contributed by atoms with van der Waals surface area (Å²) in [5.41, 5.74) is -0.00356. The van der Waals surface area contributed by atoms with Crippen LogP contribution in [0.3, 0.4) is 0 Å². The fourth-order valence-electron chi connectivity index (χ4n) is 1.77. The van der Waals surface area contributed by atoms with Crippen LogP contribution < -0.4 is 0 Å². The standard InChI is InChI=1S/C18H34O/c1-5-6-7-8-9-10-11-12-13-14-15-16-17-19-18(2,3)4/h9-10,14-15H,5-8,11-13,16-17H2,1-4H3/b10-9-,15-14+. The van der Waals surface area contributed by atoms with Crippen LogP contribution in [0.4, 0.5) is 0 Å². The highest BCUT2D eigenvalue weighted by molar-refractivity contribution is 4.85. The second kappa shape index (κ2) is 12.5. The van der Waals surface area contributed by atoms with Gasteiger partial charge >= 0.3 is 0 Å². The first-order chi connectivity index (χ1) is 9.06. The first-order valence-electron chi connectivity index (χ1n) is 8.00. The number of unbranched alkanes of at least 4 members (excludes halogenated alkanes) is 5. The van der Waals surface area contributed by atoms with Crippen molar-refractivity contribution < 1.29 is 4.74 Å². The van der Waals surface area contributed by atoms with Crippen molar-refractivity contribution >= 4 is 0 Å². The Hall–Kier alpha value is -0.560. The number of rotatable bonds is 11. The minimum Gasteiger partial charge on any atom is -0.376 e. The van der Waals surface area contributed by atoms with E-state index in [4.69, 9.17) is 4.74 Å². The van der Waals surface area contributed by atoms with Crippen molar-refractivity contribution in [3.05, 3.63) is 24.3 Å². The number of allylic oxidation sites excluding steroid dienone is 3. The van der Waals surface area contributed by atoms with E-state index in [-0.39, 0.29) is 5.60 Å². The van der Waals surface area contributed by atoms with Crippen LogP contribution in [0.2, 0.25) is 0 Å². The zero-order valence-electron chi connectivity index (χ0n) is 13.6. The van der Waals surface area contributed by atoms with Gasteiger partial charge < -0.3 is 4.74 Å². The van der Waals surface area contributed by atoms with Gasteiger partial charge in [-0.1, -0.05) is 44.1 Å². The van der Waals surface area contributed by atoms with E-state index in [2.05, 4.69) is 52.0 Å². The predicted octanol–water partition coefficient (Wildman–Crippen LogP) is 6.05. The number of hydrogen-bond donors (Lipinski definition) is 0. The minimum absolute atomic E-state index is 0.00356. The Kier molecular flexibility index (Phi) is 12.1. The maximum Gasteiger partial charge on any atom is 0.0598 e. The van der Waals surface area contributed by atoms with E-state index < -0.39 is 0 Å². The molecule has 0 saturated carbocycles. The lowest BCUT2D eigenvalue weighted by molar-refractivity contribution is -0.000124. The Balaban J connectivity index is 3.25. The van der Waals surface area contributed by atoms with Crippen molar-refractivity contribution in [3.8, 4) is 0 Å². The topological polar surface area (TPSA) is 9.23 Å². The largest absolute Gasteiger partial charge is 0.376 e. The fraction of sp³-hybridized carbons (Fsp3) is 0.778. The smallest absolute Gasteiger partial charge is 0.0598 e. The van der Waals surface area contributed by atoms with Gasteiger partial charge in [-0.15, -0.1) is 0 Å². The molecule has 0 aromatic carbocycles. The Morgan fingerprint density at radius 1 is 0.737 bits per heavy atom. The van der Waals surface area contributed by atoms with Crippen LogP contribution in [0.25, 0.3) is 0 Å². The molecule has 0 radical (unpaired) electrons. The normalized spacial score (nSPS) is 12.8. The van der Waals surface area contributed by atoms with Gasteiger partial charge in [0.2, 0.25) is 0 Å². The molecule has 0 fully saturated rings. The molecule has 0 rings (SSSR count). The second-order valence-electron chi connectivity index (χ2n) is 6.12.